The summed E-state index contributed by atoms with van der Waals surface area (Å²) in [6.07, 6.45) is -8.34. The first-order valence-electron chi connectivity index (χ1n) is 11.8. The van der Waals surface area contributed by atoms with Gasteiger partial charge in [0, 0.05) is 23.2 Å². The molecule has 2 aliphatic rings. The Hall–Kier alpha value is -4.37. The minimum Gasteiger partial charge on any atom is -0.366 e. The Kier molecular flexibility index (Phi) is 6.85. The van der Waals surface area contributed by atoms with Gasteiger partial charge in [-0.25, -0.2) is 22.4 Å². The third kappa shape index (κ3) is 4.67. The lowest BCUT2D eigenvalue weighted by atomic mass is 9.81. The maximum Gasteiger partial charge on any atom is 0.417 e. The Bertz CT molecular complexity index is 1700. The molecule has 2 heterocycles. The van der Waals surface area contributed by atoms with Crippen molar-refractivity contribution in [3.05, 3.63) is 86.4 Å². The highest BCUT2D eigenvalue weighted by Gasteiger charge is 2.50. The summed E-state index contributed by atoms with van der Waals surface area (Å²) < 4.78 is 97.5. The van der Waals surface area contributed by atoms with Gasteiger partial charge in [-0.2, -0.15) is 13.2 Å². The molecule has 0 fully saturated rings. The van der Waals surface area contributed by atoms with E-state index < -0.39 is 105 Å². The zero-order valence-corrected chi connectivity index (χ0v) is 21.4. The molecule has 8 nitrogen and oxygen atoms in total. The molecule has 0 radical (unpaired) electrons. The average Bonchev–Trinajstić information content (AvgIpc) is 3.14. The summed E-state index contributed by atoms with van der Waals surface area (Å²) in [6, 6.07) is 2.82. The number of fused-ring (bicyclic) bond motifs is 3. The lowest BCUT2D eigenvalue weighted by molar-refractivity contribution is -0.137. The molecular formula is C26H16ClF7N4O4. The molecule has 0 bridgehead atoms. The van der Waals surface area contributed by atoms with Gasteiger partial charge in [0.25, 0.3) is 12.3 Å². The highest BCUT2D eigenvalue weighted by atomic mass is 35.5. The van der Waals surface area contributed by atoms with Crippen molar-refractivity contribution in [1.82, 2.24) is 10.2 Å². The molecule has 1 atom stereocenters. The zero-order valence-electron chi connectivity index (χ0n) is 20.7. The van der Waals surface area contributed by atoms with Crippen molar-refractivity contribution in [2.45, 2.75) is 24.9 Å². The van der Waals surface area contributed by atoms with Gasteiger partial charge in [0.1, 0.15) is 11.6 Å². The number of carbonyl (C=O) groups is 3. The number of nitrogens with one attached hydrogen (secondary N) is 2. The number of halogens is 8. The number of nitrogens with two attached hydrogens (primary N) is 1. The van der Waals surface area contributed by atoms with Crippen molar-refractivity contribution in [3.8, 4) is 11.1 Å². The number of nitrogens with zero attached hydrogens (tertiary/aromatic N) is 1. The fraction of sp³-hybridized carbons (Fsp3) is 0.192. The molecule has 3 aromatic rings. The van der Waals surface area contributed by atoms with Gasteiger partial charge in [0.2, 0.25) is 5.91 Å². The first-order valence-corrected chi connectivity index (χ1v) is 12.2. The molecule has 0 saturated heterocycles. The third-order valence-corrected chi connectivity index (χ3v) is 7.11. The Morgan fingerprint density at radius 3 is 2.38 bits per heavy atom. The van der Waals surface area contributed by atoms with Crippen LogP contribution in [0.5, 0.6) is 0 Å². The maximum absolute atomic E-state index is 14.3. The molecule has 0 aromatic heterocycles. The van der Waals surface area contributed by atoms with Crippen LogP contribution in [0.3, 0.4) is 0 Å². The monoisotopic (exact) mass is 616 g/mol. The number of benzene rings is 3. The summed E-state index contributed by atoms with van der Waals surface area (Å²) in [5, 5.41) is 15.8. The molecule has 2 aliphatic heterocycles. The maximum atomic E-state index is 14.3. The van der Waals surface area contributed by atoms with Crippen molar-refractivity contribution >= 4 is 35.1 Å². The van der Waals surface area contributed by atoms with Crippen LogP contribution >= 0.6 is 11.6 Å². The Morgan fingerprint density at radius 2 is 1.79 bits per heavy atom. The zero-order chi connectivity index (χ0) is 30.9. The second-order valence-corrected chi connectivity index (χ2v) is 9.84. The summed E-state index contributed by atoms with van der Waals surface area (Å²) in [7, 11) is 0. The SMILES string of the molecule is NC(=O)c1cc(F)cc(C(F)(F)F)c1-c1cc2c(c3c1C(O)(c1ccc(F)cc1Cl)NC3=O)NC(=O)N(CC(F)F)C2. The van der Waals surface area contributed by atoms with Gasteiger partial charge in [-0.05, 0) is 47.5 Å². The van der Waals surface area contributed by atoms with Gasteiger partial charge < -0.3 is 26.4 Å². The second-order valence-electron chi connectivity index (χ2n) is 9.44. The smallest absolute Gasteiger partial charge is 0.366 e. The lowest BCUT2D eigenvalue weighted by Crippen LogP contribution is -2.42. The van der Waals surface area contributed by atoms with Gasteiger partial charge >= 0.3 is 12.2 Å². The van der Waals surface area contributed by atoms with Crippen LogP contribution in [0.4, 0.5) is 41.2 Å². The first-order chi connectivity index (χ1) is 19.5. The molecule has 42 heavy (non-hydrogen) atoms. The summed E-state index contributed by atoms with van der Waals surface area (Å²) in [5.41, 5.74) is -4.17. The minimum atomic E-state index is -5.33. The van der Waals surface area contributed by atoms with Crippen LogP contribution in [0.1, 0.15) is 43.0 Å². The number of hydrogen-bond acceptors (Lipinski definition) is 4. The standard InChI is InChI=1S/C26H16ClF7N4O4/c27-16-6-10(28)1-2-14(16)25(42)20-12(18-13(22(35)39)4-11(29)5-15(18)26(32,33)34)3-9-7-38(8-17(30)31)24(41)36-21(9)19(20)23(40)37-25/h1-6,17,42H,7-8H2,(H2,35,39)(H,36,41)(H,37,40). The van der Waals surface area contributed by atoms with Gasteiger partial charge in [-0.3, -0.25) is 9.59 Å². The van der Waals surface area contributed by atoms with E-state index in [4.69, 9.17) is 17.3 Å². The van der Waals surface area contributed by atoms with E-state index in [-0.39, 0.29) is 17.3 Å². The topological polar surface area (TPSA) is 125 Å². The van der Waals surface area contributed by atoms with E-state index in [1.54, 1.807) is 0 Å². The largest absolute Gasteiger partial charge is 0.417 e. The van der Waals surface area contributed by atoms with Gasteiger partial charge in [0.05, 0.1) is 33.9 Å². The number of carbonyl (C=O) groups excluding carboxylic acids is 3. The highest BCUT2D eigenvalue weighted by molar-refractivity contribution is 6.31. The number of hydrogen-bond donors (Lipinski definition) is 4. The summed E-state index contributed by atoms with van der Waals surface area (Å²) >= 11 is 6.15. The Morgan fingerprint density at radius 1 is 1.10 bits per heavy atom. The predicted octanol–water partition coefficient (Wildman–Crippen LogP) is 4.95. The van der Waals surface area contributed by atoms with Crippen LogP contribution in [0, 0.1) is 11.6 Å². The number of alkyl halides is 5. The van der Waals surface area contributed by atoms with E-state index in [2.05, 4.69) is 10.6 Å². The fourth-order valence-electron chi connectivity index (χ4n) is 5.17. The quantitative estimate of drug-likeness (QED) is 0.303. The van der Waals surface area contributed by atoms with Gasteiger partial charge in [-0.1, -0.05) is 11.6 Å². The summed E-state index contributed by atoms with van der Waals surface area (Å²) in [6.45, 7) is -1.72. The molecule has 0 spiro atoms. The predicted molar refractivity (Wildman–Crippen MR) is 133 cm³/mol. The molecule has 220 valence electrons. The number of anilines is 1. The van der Waals surface area contributed by atoms with Crippen LogP contribution < -0.4 is 16.4 Å². The van der Waals surface area contributed by atoms with E-state index in [0.29, 0.717) is 11.0 Å². The van der Waals surface area contributed by atoms with Crippen molar-refractivity contribution in [3.63, 3.8) is 0 Å². The number of aliphatic hydroxyl groups is 1. The molecule has 16 heteroatoms. The normalized spacial score (nSPS) is 18.1. The lowest BCUT2D eigenvalue weighted by Gasteiger charge is -2.33. The summed E-state index contributed by atoms with van der Waals surface area (Å²) in [5.74, 6) is -5.04. The van der Waals surface area contributed by atoms with E-state index in [0.717, 1.165) is 24.3 Å². The molecular weight excluding hydrogens is 601 g/mol. The molecule has 0 saturated carbocycles. The van der Waals surface area contributed by atoms with Crippen LogP contribution in [0.15, 0.2) is 36.4 Å². The van der Waals surface area contributed by atoms with Crippen molar-refractivity contribution in [1.29, 1.82) is 0 Å². The Labute approximate surface area is 235 Å². The van der Waals surface area contributed by atoms with E-state index in [1.807, 2.05) is 0 Å². The number of amides is 4. The molecule has 3 aromatic carbocycles. The first kappa shape index (κ1) is 29.1. The van der Waals surface area contributed by atoms with Crippen molar-refractivity contribution < 1.29 is 50.2 Å². The van der Waals surface area contributed by atoms with Crippen LogP contribution in [0.2, 0.25) is 5.02 Å². The second kappa shape index (κ2) is 9.87. The molecule has 5 rings (SSSR count). The van der Waals surface area contributed by atoms with E-state index in [1.165, 1.54) is 0 Å². The molecule has 0 aliphatic carbocycles. The van der Waals surface area contributed by atoms with E-state index >= 15 is 0 Å². The number of rotatable bonds is 5. The van der Waals surface area contributed by atoms with Crippen molar-refractivity contribution in [2.24, 2.45) is 5.73 Å². The average molecular weight is 617 g/mol. The van der Waals surface area contributed by atoms with Crippen molar-refractivity contribution in [2.75, 3.05) is 11.9 Å². The van der Waals surface area contributed by atoms with Crippen LogP contribution in [0.25, 0.3) is 11.1 Å². The van der Waals surface area contributed by atoms with Crippen LogP contribution in [-0.2, 0) is 18.4 Å². The highest BCUT2D eigenvalue weighted by Crippen LogP contribution is 2.51. The molecule has 1 unspecified atom stereocenters. The summed E-state index contributed by atoms with van der Waals surface area (Å²) in [4.78, 5) is 38.9. The van der Waals surface area contributed by atoms with Gasteiger partial charge in [0.15, 0.2) is 5.72 Å². The number of primary amides is 1. The number of urea groups is 1. The molecule has 5 N–H and O–H groups in total. The molecule has 4 amide bonds. The fourth-order valence-corrected chi connectivity index (χ4v) is 5.48. The van der Waals surface area contributed by atoms with E-state index in [9.17, 15) is 50.2 Å². The Balaban J connectivity index is 1.94. The minimum absolute atomic E-state index is 0.0621. The van der Waals surface area contributed by atoms with Crippen LogP contribution in [-0.4, -0.2) is 40.8 Å². The third-order valence-electron chi connectivity index (χ3n) is 6.80. The van der Waals surface area contributed by atoms with Gasteiger partial charge in [-0.15, -0.1) is 0 Å².